The number of nitrogens with two attached hydrogens (primary N) is 1. The molecular formula is C30H26N4. The number of anilines is 8. The molecule has 166 valence electrons. The fraction of sp³-hybridized carbons (Fsp3) is 0. The molecule has 4 nitrogen and oxygen atoms in total. The van der Waals surface area contributed by atoms with E-state index in [0.29, 0.717) is 0 Å². The summed E-state index contributed by atoms with van der Waals surface area (Å²) in [6, 6.07) is 45.2. The van der Waals surface area contributed by atoms with Gasteiger partial charge in [0.05, 0.1) is 0 Å². The molecule has 4 heteroatoms. The molecule has 0 saturated carbocycles. The molecule has 4 N–H and O–H groups in total. The van der Waals surface area contributed by atoms with Crippen LogP contribution >= 0.6 is 0 Å². The zero-order chi connectivity index (χ0) is 23.2. The molecule has 0 saturated heterocycles. The first kappa shape index (κ1) is 21.2. The van der Waals surface area contributed by atoms with Crippen LogP contribution in [0.4, 0.5) is 45.5 Å². The van der Waals surface area contributed by atoms with Crippen LogP contribution in [0, 0.1) is 0 Å². The third kappa shape index (κ3) is 5.03. The van der Waals surface area contributed by atoms with Crippen molar-refractivity contribution >= 4 is 45.5 Å². The van der Waals surface area contributed by atoms with E-state index >= 15 is 0 Å². The number of nitrogen functional groups attached to an aromatic ring is 1. The topological polar surface area (TPSA) is 53.3 Å². The van der Waals surface area contributed by atoms with E-state index in [1.54, 1.807) is 0 Å². The van der Waals surface area contributed by atoms with Crippen molar-refractivity contribution < 1.29 is 0 Å². The molecule has 5 rings (SSSR count). The molecule has 0 amide bonds. The third-order valence-electron chi connectivity index (χ3n) is 5.53. The minimum Gasteiger partial charge on any atom is -0.399 e. The van der Waals surface area contributed by atoms with E-state index in [2.05, 4.69) is 88.3 Å². The van der Waals surface area contributed by atoms with Crippen LogP contribution in [-0.2, 0) is 0 Å². The number of para-hydroxylation sites is 2. The van der Waals surface area contributed by atoms with Crippen molar-refractivity contribution in [3.63, 3.8) is 0 Å². The van der Waals surface area contributed by atoms with Crippen LogP contribution in [0.2, 0.25) is 0 Å². The van der Waals surface area contributed by atoms with Crippen molar-refractivity contribution in [3.05, 3.63) is 133 Å². The molecule has 0 aliphatic rings. The Labute approximate surface area is 200 Å². The van der Waals surface area contributed by atoms with Crippen molar-refractivity contribution in [1.29, 1.82) is 0 Å². The van der Waals surface area contributed by atoms with Gasteiger partial charge in [-0.3, -0.25) is 0 Å². The van der Waals surface area contributed by atoms with Gasteiger partial charge in [0.2, 0.25) is 0 Å². The van der Waals surface area contributed by atoms with E-state index in [4.69, 9.17) is 5.73 Å². The second kappa shape index (κ2) is 9.84. The summed E-state index contributed by atoms with van der Waals surface area (Å²) in [5, 5.41) is 6.89. The quantitative estimate of drug-likeness (QED) is 0.222. The highest BCUT2D eigenvalue weighted by atomic mass is 15.1. The van der Waals surface area contributed by atoms with E-state index in [1.165, 1.54) is 0 Å². The summed E-state index contributed by atoms with van der Waals surface area (Å²) < 4.78 is 0. The average Bonchev–Trinajstić information content (AvgIpc) is 2.89. The molecule has 0 spiro atoms. The monoisotopic (exact) mass is 442 g/mol. The number of nitrogens with zero attached hydrogens (tertiary/aromatic N) is 1. The van der Waals surface area contributed by atoms with Crippen LogP contribution in [0.1, 0.15) is 0 Å². The lowest BCUT2D eigenvalue weighted by Crippen LogP contribution is -2.10. The Hall–Kier alpha value is -4.70. The van der Waals surface area contributed by atoms with Crippen LogP contribution in [0.3, 0.4) is 0 Å². The van der Waals surface area contributed by atoms with Crippen molar-refractivity contribution in [2.75, 3.05) is 21.3 Å². The molecule has 0 aromatic heterocycles. The number of hydrogen-bond acceptors (Lipinski definition) is 4. The molecule has 0 radical (unpaired) electrons. The third-order valence-corrected chi connectivity index (χ3v) is 5.53. The fourth-order valence-electron chi connectivity index (χ4n) is 3.83. The summed E-state index contributed by atoms with van der Waals surface area (Å²) in [6.45, 7) is 0. The Bertz CT molecular complexity index is 1230. The molecule has 0 fully saturated rings. The lowest BCUT2D eigenvalue weighted by molar-refractivity contribution is 1.28. The second-order valence-electron chi connectivity index (χ2n) is 8.00. The molecular weight excluding hydrogens is 416 g/mol. The predicted octanol–water partition coefficient (Wildman–Crippen LogP) is 8.23. The van der Waals surface area contributed by atoms with Crippen LogP contribution in [0.25, 0.3) is 0 Å². The predicted molar refractivity (Wildman–Crippen MR) is 145 cm³/mol. The SMILES string of the molecule is Nc1ccc(N(c2ccc(Nc3ccccc3)cc2)c2ccc(Nc3ccccc3)cc2)cc1. The van der Waals surface area contributed by atoms with Crippen molar-refractivity contribution in [1.82, 2.24) is 0 Å². The Morgan fingerprint density at radius 3 is 1.09 bits per heavy atom. The Morgan fingerprint density at radius 1 is 0.382 bits per heavy atom. The van der Waals surface area contributed by atoms with Crippen LogP contribution in [0.15, 0.2) is 133 Å². The summed E-state index contributed by atoms with van der Waals surface area (Å²) in [5.74, 6) is 0. The Morgan fingerprint density at radius 2 is 0.706 bits per heavy atom. The summed E-state index contributed by atoms with van der Waals surface area (Å²) in [6.07, 6.45) is 0. The van der Waals surface area contributed by atoms with Gasteiger partial charge in [-0.25, -0.2) is 0 Å². The van der Waals surface area contributed by atoms with Gasteiger partial charge in [0.1, 0.15) is 0 Å². The van der Waals surface area contributed by atoms with E-state index in [9.17, 15) is 0 Å². The molecule has 0 bridgehead atoms. The minimum atomic E-state index is 0.744. The molecule has 0 aliphatic carbocycles. The highest BCUT2D eigenvalue weighted by Gasteiger charge is 2.12. The van der Waals surface area contributed by atoms with E-state index in [1.807, 2.05) is 60.7 Å². The molecule has 5 aromatic carbocycles. The Balaban J connectivity index is 1.43. The second-order valence-corrected chi connectivity index (χ2v) is 8.00. The molecule has 34 heavy (non-hydrogen) atoms. The van der Waals surface area contributed by atoms with Gasteiger partial charge < -0.3 is 21.3 Å². The average molecular weight is 443 g/mol. The van der Waals surface area contributed by atoms with Gasteiger partial charge in [0, 0.05) is 45.5 Å². The zero-order valence-electron chi connectivity index (χ0n) is 18.7. The van der Waals surface area contributed by atoms with Gasteiger partial charge in [-0.2, -0.15) is 0 Å². The van der Waals surface area contributed by atoms with Crippen LogP contribution in [0.5, 0.6) is 0 Å². The summed E-state index contributed by atoms with van der Waals surface area (Å²) in [4.78, 5) is 2.22. The molecule has 0 unspecified atom stereocenters. The number of nitrogens with one attached hydrogen (secondary N) is 2. The summed E-state index contributed by atoms with van der Waals surface area (Å²) in [5.41, 5.74) is 14.1. The summed E-state index contributed by atoms with van der Waals surface area (Å²) in [7, 11) is 0. The maximum atomic E-state index is 5.96. The summed E-state index contributed by atoms with van der Waals surface area (Å²) >= 11 is 0. The first-order valence-corrected chi connectivity index (χ1v) is 11.2. The van der Waals surface area contributed by atoms with Crippen molar-refractivity contribution in [2.24, 2.45) is 0 Å². The molecule has 5 aromatic rings. The largest absolute Gasteiger partial charge is 0.399 e. The lowest BCUT2D eigenvalue weighted by atomic mass is 10.1. The smallest absolute Gasteiger partial charge is 0.0463 e. The van der Waals surface area contributed by atoms with E-state index in [0.717, 1.165) is 45.5 Å². The minimum absolute atomic E-state index is 0.744. The Kier molecular flexibility index (Phi) is 6.12. The van der Waals surface area contributed by atoms with Gasteiger partial charge in [-0.1, -0.05) is 36.4 Å². The zero-order valence-corrected chi connectivity index (χ0v) is 18.7. The van der Waals surface area contributed by atoms with Gasteiger partial charge >= 0.3 is 0 Å². The standard InChI is InChI=1S/C30H26N4/c31-23-11-17-28(18-12-23)34(29-19-13-26(14-20-29)32-24-7-3-1-4-8-24)30-21-15-27(16-22-30)33-25-9-5-2-6-10-25/h1-22,32-33H,31H2. The van der Waals surface area contributed by atoms with Crippen LogP contribution < -0.4 is 21.3 Å². The van der Waals surface area contributed by atoms with Crippen molar-refractivity contribution in [3.8, 4) is 0 Å². The van der Waals surface area contributed by atoms with Crippen molar-refractivity contribution in [2.45, 2.75) is 0 Å². The van der Waals surface area contributed by atoms with Gasteiger partial charge in [-0.15, -0.1) is 0 Å². The van der Waals surface area contributed by atoms with Gasteiger partial charge in [0.25, 0.3) is 0 Å². The van der Waals surface area contributed by atoms with Crippen LogP contribution in [-0.4, -0.2) is 0 Å². The number of rotatable bonds is 7. The lowest BCUT2D eigenvalue weighted by Gasteiger charge is -2.26. The fourth-order valence-corrected chi connectivity index (χ4v) is 3.83. The highest BCUT2D eigenvalue weighted by Crippen LogP contribution is 2.36. The van der Waals surface area contributed by atoms with E-state index < -0.39 is 0 Å². The highest BCUT2D eigenvalue weighted by molar-refractivity contribution is 5.79. The maximum Gasteiger partial charge on any atom is 0.0463 e. The number of hydrogen-bond donors (Lipinski definition) is 3. The number of benzene rings is 5. The normalized spacial score (nSPS) is 10.5. The molecule has 0 aliphatic heterocycles. The first-order valence-electron chi connectivity index (χ1n) is 11.2. The molecule has 0 atom stereocenters. The first-order chi connectivity index (χ1) is 16.7. The van der Waals surface area contributed by atoms with Gasteiger partial charge in [0.15, 0.2) is 0 Å². The van der Waals surface area contributed by atoms with E-state index in [-0.39, 0.29) is 0 Å². The molecule has 0 heterocycles. The van der Waals surface area contributed by atoms with Gasteiger partial charge in [-0.05, 0) is 97.1 Å². The maximum absolute atomic E-state index is 5.96.